The first kappa shape index (κ1) is 13.4. The van der Waals surface area contributed by atoms with E-state index in [0.717, 1.165) is 25.9 Å². The number of halogens is 2. The van der Waals surface area contributed by atoms with Crippen LogP contribution in [-0.2, 0) is 6.54 Å². The standard InChI is InChI=1S/C13H12Br2N2O/c1-8-4-10(2-3-13(8)18)16-7-12-11(15)5-9(14)6-17-12/h2-6,16,18H,7H2,1H3. The van der Waals surface area contributed by atoms with E-state index in [-0.39, 0.29) is 0 Å². The fourth-order valence-corrected chi connectivity index (χ4v) is 2.65. The molecule has 1 heterocycles. The van der Waals surface area contributed by atoms with Crippen molar-refractivity contribution >= 4 is 37.5 Å². The maximum Gasteiger partial charge on any atom is 0.118 e. The average Bonchev–Trinajstić information content (AvgIpc) is 2.32. The van der Waals surface area contributed by atoms with Crippen LogP contribution in [0.1, 0.15) is 11.3 Å². The van der Waals surface area contributed by atoms with Gasteiger partial charge in [0.15, 0.2) is 0 Å². The molecule has 2 aromatic rings. The molecule has 94 valence electrons. The summed E-state index contributed by atoms with van der Waals surface area (Å²) in [5.74, 6) is 0.309. The number of hydrogen-bond donors (Lipinski definition) is 2. The molecular weight excluding hydrogens is 360 g/mol. The summed E-state index contributed by atoms with van der Waals surface area (Å²) in [6.07, 6.45) is 1.77. The van der Waals surface area contributed by atoms with Gasteiger partial charge in [-0.05, 0) is 68.6 Å². The number of hydrogen-bond acceptors (Lipinski definition) is 3. The molecule has 0 radical (unpaired) electrons. The summed E-state index contributed by atoms with van der Waals surface area (Å²) < 4.78 is 1.90. The Labute approximate surface area is 123 Å². The van der Waals surface area contributed by atoms with Gasteiger partial charge in [0, 0.05) is 20.8 Å². The lowest BCUT2D eigenvalue weighted by Crippen LogP contribution is -2.02. The third-order valence-corrected chi connectivity index (χ3v) is 3.66. The number of rotatable bonds is 3. The van der Waals surface area contributed by atoms with Crippen LogP contribution in [0.4, 0.5) is 5.69 Å². The van der Waals surface area contributed by atoms with Gasteiger partial charge in [-0.3, -0.25) is 4.98 Å². The molecule has 3 nitrogen and oxygen atoms in total. The maximum atomic E-state index is 9.45. The molecule has 0 atom stereocenters. The monoisotopic (exact) mass is 370 g/mol. The minimum Gasteiger partial charge on any atom is -0.508 e. The van der Waals surface area contributed by atoms with Crippen molar-refractivity contribution in [3.05, 3.63) is 50.7 Å². The van der Waals surface area contributed by atoms with Gasteiger partial charge >= 0.3 is 0 Å². The van der Waals surface area contributed by atoms with E-state index >= 15 is 0 Å². The molecule has 0 amide bonds. The highest BCUT2D eigenvalue weighted by molar-refractivity contribution is 9.11. The van der Waals surface area contributed by atoms with Gasteiger partial charge in [-0.15, -0.1) is 0 Å². The van der Waals surface area contributed by atoms with Gasteiger partial charge in [-0.1, -0.05) is 0 Å². The SMILES string of the molecule is Cc1cc(NCc2ncc(Br)cc2Br)ccc1O. The van der Waals surface area contributed by atoms with Crippen LogP contribution in [0, 0.1) is 6.92 Å². The van der Waals surface area contributed by atoms with Crippen LogP contribution in [0.5, 0.6) is 5.75 Å². The number of phenols is 1. The smallest absolute Gasteiger partial charge is 0.118 e. The molecular formula is C13H12Br2N2O. The number of benzene rings is 1. The summed E-state index contributed by atoms with van der Waals surface area (Å²) in [5.41, 5.74) is 2.74. The minimum atomic E-state index is 0.309. The summed E-state index contributed by atoms with van der Waals surface area (Å²) >= 11 is 6.84. The first-order valence-electron chi connectivity index (χ1n) is 5.39. The van der Waals surface area contributed by atoms with Crippen molar-refractivity contribution in [1.82, 2.24) is 4.98 Å². The predicted octanol–water partition coefficient (Wildman–Crippen LogP) is 4.23. The molecule has 0 fully saturated rings. The van der Waals surface area contributed by atoms with E-state index in [1.165, 1.54) is 0 Å². The zero-order valence-corrected chi connectivity index (χ0v) is 12.9. The van der Waals surface area contributed by atoms with Gasteiger partial charge in [-0.25, -0.2) is 0 Å². The lowest BCUT2D eigenvalue weighted by molar-refractivity contribution is 0.471. The minimum absolute atomic E-state index is 0.309. The molecule has 2 N–H and O–H groups in total. The molecule has 0 aliphatic heterocycles. The molecule has 1 aromatic carbocycles. The van der Waals surface area contributed by atoms with E-state index in [0.29, 0.717) is 12.3 Å². The third-order valence-electron chi connectivity index (χ3n) is 2.54. The van der Waals surface area contributed by atoms with Crippen molar-refractivity contribution in [3.8, 4) is 5.75 Å². The molecule has 18 heavy (non-hydrogen) atoms. The Bertz CT molecular complexity index is 573. The molecule has 1 aromatic heterocycles. The fourth-order valence-electron chi connectivity index (χ4n) is 1.52. The second-order valence-electron chi connectivity index (χ2n) is 3.94. The first-order valence-corrected chi connectivity index (χ1v) is 6.98. The zero-order chi connectivity index (χ0) is 13.1. The predicted molar refractivity (Wildman–Crippen MR) is 79.8 cm³/mol. The summed E-state index contributed by atoms with van der Waals surface area (Å²) in [6, 6.07) is 7.39. The van der Waals surface area contributed by atoms with Gasteiger partial charge in [-0.2, -0.15) is 0 Å². The molecule has 0 aliphatic rings. The van der Waals surface area contributed by atoms with Crippen molar-refractivity contribution < 1.29 is 5.11 Å². The Kier molecular flexibility index (Phi) is 4.24. The Morgan fingerprint density at radius 1 is 1.28 bits per heavy atom. The van der Waals surface area contributed by atoms with Crippen molar-refractivity contribution in [2.45, 2.75) is 13.5 Å². The molecule has 5 heteroatoms. The van der Waals surface area contributed by atoms with Crippen molar-refractivity contribution in [2.75, 3.05) is 5.32 Å². The normalized spacial score (nSPS) is 10.4. The molecule has 0 unspecified atom stereocenters. The van der Waals surface area contributed by atoms with Crippen LogP contribution in [0.25, 0.3) is 0 Å². The number of anilines is 1. The quantitative estimate of drug-likeness (QED) is 0.793. The molecule has 0 spiro atoms. The molecule has 0 aliphatic carbocycles. The third kappa shape index (κ3) is 3.23. The number of aryl methyl sites for hydroxylation is 1. The van der Waals surface area contributed by atoms with Crippen LogP contribution in [0.3, 0.4) is 0 Å². The highest BCUT2D eigenvalue weighted by atomic mass is 79.9. The van der Waals surface area contributed by atoms with E-state index in [4.69, 9.17) is 0 Å². The van der Waals surface area contributed by atoms with Crippen molar-refractivity contribution in [2.24, 2.45) is 0 Å². The van der Waals surface area contributed by atoms with Gasteiger partial charge in [0.25, 0.3) is 0 Å². The number of nitrogens with zero attached hydrogens (tertiary/aromatic N) is 1. The Morgan fingerprint density at radius 3 is 2.72 bits per heavy atom. The van der Waals surface area contributed by atoms with E-state index in [9.17, 15) is 5.11 Å². The number of aromatic hydroxyl groups is 1. The number of phenolic OH excluding ortho intramolecular Hbond substituents is 1. The largest absolute Gasteiger partial charge is 0.508 e. The Morgan fingerprint density at radius 2 is 2.06 bits per heavy atom. The van der Waals surface area contributed by atoms with Gasteiger partial charge in [0.05, 0.1) is 12.2 Å². The van der Waals surface area contributed by atoms with E-state index in [1.54, 1.807) is 12.3 Å². The van der Waals surface area contributed by atoms with Gasteiger partial charge in [0.1, 0.15) is 5.75 Å². The maximum absolute atomic E-state index is 9.45. The van der Waals surface area contributed by atoms with Crippen LogP contribution < -0.4 is 5.32 Å². The van der Waals surface area contributed by atoms with Crippen LogP contribution in [0.2, 0.25) is 0 Å². The lowest BCUT2D eigenvalue weighted by Gasteiger charge is -2.09. The van der Waals surface area contributed by atoms with E-state index in [2.05, 4.69) is 42.2 Å². The van der Waals surface area contributed by atoms with Crippen molar-refractivity contribution in [1.29, 1.82) is 0 Å². The van der Waals surface area contributed by atoms with E-state index in [1.807, 2.05) is 25.1 Å². The highest BCUT2D eigenvalue weighted by Crippen LogP contribution is 2.23. The number of nitrogens with one attached hydrogen (secondary N) is 1. The second-order valence-corrected chi connectivity index (χ2v) is 5.71. The second kappa shape index (κ2) is 5.71. The zero-order valence-electron chi connectivity index (χ0n) is 9.74. The Balaban J connectivity index is 2.09. The summed E-state index contributed by atoms with van der Waals surface area (Å²) in [7, 11) is 0. The lowest BCUT2D eigenvalue weighted by atomic mass is 10.2. The first-order chi connectivity index (χ1) is 8.56. The van der Waals surface area contributed by atoms with Crippen molar-refractivity contribution in [3.63, 3.8) is 0 Å². The highest BCUT2D eigenvalue weighted by Gasteiger charge is 2.03. The number of pyridine rings is 1. The van der Waals surface area contributed by atoms with Crippen LogP contribution >= 0.6 is 31.9 Å². The topological polar surface area (TPSA) is 45.2 Å². The van der Waals surface area contributed by atoms with Crippen LogP contribution in [0.15, 0.2) is 39.4 Å². The van der Waals surface area contributed by atoms with E-state index < -0.39 is 0 Å². The average molecular weight is 372 g/mol. The fraction of sp³-hybridized carbons (Fsp3) is 0.154. The molecule has 2 rings (SSSR count). The number of aromatic nitrogens is 1. The molecule has 0 saturated carbocycles. The summed E-state index contributed by atoms with van der Waals surface area (Å²) in [5, 5.41) is 12.7. The molecule has 0 saturated heterocycles. The summed E-state index contributed by atoms with van der Waals surface area (Å²) in [6.45, 7) is 2.49. The Hall–Kier alpha value is -1.07. The van der Waals surface area contributed by atoms with Gasteiger partial charge < -0.3 is 10.4 Å². The molecule has 0 bridgehead atoms. The summed E-state index contributed by atoms with van der Waals surface area (Å²) in [4.78, 5) is 4.33. The van der Waals surface area contributed by atoms with Gasteiger partial charge in [0.2, 0.25) is 0 Å². The van der Waals surface area contributed by atoms with Crippen LogP contribution in [-0.4, -0.2) is 10.1 Å².